The van der Waals surface area contributed by atoms with E-state index >= 15 is 0 Å². The number of halogens is 4. The topological polar surface area (TPSA) is 120 Å². The summed E-state index contributed by atoms with van der Waals surface area (Å²) in [6.45, 7) is 0.866. The molecule has 8 nitrogen and oxygen atoms in total. The number of benzene rings is 1. The Balaban J connectivity index is 1.87. The zero-order valence-corrected chi connectivity index (χ0v) is 18.8. The van der Waals surface area contributed by atoms with Gasteiger partial charge in [0, 0.05) is 6.07 Å². The van der Waals surface area contributed by atoms with Gasteiger partial charge in [0.1, 0.15) is 28.6 Å². The molecule has 2 aliphatic rings. The molecule has 2 atom stereocenters. The second kappa shape index (κ2) is 10.1. The summed E-state index contributed by atoms with van der Waals surface area (Å²) in [5, 5.41) is 2.36. The number of rotatable bonds is 8. The van der Waals surface area contributed by atoms with E-state index in [1.807, 2.05) is 0 Å². The van der Waals surface area contributed by atoms with Crippen molar-refractivity contribution in [1.29, 1.82) is 0 Å². The lowest BCUT2D eigenvalue weighted by Gasteiger charge is -2.29. The SMILES string of the molecule is C[C@H](NS(=O)(=O)c1cc(F)c(NC(=O)[C@@H](N)C2CCCCC2)cc1OC1COC1)C(F)(F)F. The zero-order valence-electron chi connectivity index (χ0n) is 18.0. The molecule has 186 valence electrons. The maximum absolute atomic E-state index is 14.8. The average molecular weight is 498 g/mol. The van der Waals surface area contributed by atoms with E-state index in [-0.39, 0.29) is 24.8 Å². The highest BCUT2D eigenvalue weighted by Crippen LogP contribution is 2.33. The van der Waals surface area contributed by atoms with Crippen LogP contribution in [0.2, 0.25) is 0 Å². The third-order valence-electron chi connectivity index (χ3n) is 5.77. The number of sulfonamides is 1. The van der Waals surface area contributed by atoms with Crippen LogP contribution in [0.25, 0.3) is 0 Å². The van der Waals surface area contributed by atoms with Crippen LogP contribution in [0.4, 0.5) is 23.2 Å². The second-order valence-corrected chi connectivity index (χ2v) is 10.0. The van der Waals surface area contributed by atoms with Crippen molar-refractivity contribution in [3.8, 4) is 5.75 Å². The van der Waals surface area contributed by atoms with Gasteiger partial charge in [0.2, 0.25) is 15.9 Å². The minimum atomic E-state index is -4.85. The molecule has 1 saturated heterocycles. The van der Waals surface area contributed by atoms with E-state index in [0.717, 1.165) is 38.2 Å². The summed E-state index contributed by atoms with van der Waals surface area (Å²) in [4.78, 5) is 11.8. The molecule has 4 N–H and O–H groups in total. The summed E-state index contributed by atoms with van der Waals surface area (Å²) in [5.74, 6) is -2.26. The van der Waals surface area contributed by atoms with Crippen LogP contribution in [0.1, 0.15) is 39.0 Å². The Morgan fingerprint density at radius 2 is 1.85 bits per heavy atom. The largest absolute Gasteiger partial charge is 0.484 e. The molecule has 33 heavy (non-hydrogen) atoms. The number of carbonyl (C=O) groups is 1. The predicted molar refractivity (Wildman–Crippen MR) is 111 cm³/mol. The van der Waals surface area contributed by atoms with E-state index < -0.39 is 56.8 Å². The summed E-state index contributed by atoms with van der Waals surface area (Å²) in [7, 11) is -4.82. The molecule has 13 heteroatoms. The predicted octanol–water partition coefficient (Wildman–Crippen LogP) is 2.68. The first-order valence-electron chi connectivity index (χ1n) is 10.6. The van der Waals surface area contributed by atoms with Gasteiger partial charge in [0.25, 0.3) is 0 Å². The molecule has 0 spiro atoms. The van der Waals surface area contributed by atoms with Crippen molar-refractivity contribution in [1.82, 2.24) is 4.72 Å². The molecule has 1 saturated carbocycles. The number of hydrogen-bond donors (Lipinski definition) is 3. The lowest BCUT2D eigenvalue weighted by atomic mass is 9.84. The van der Waals surface area contributed by atoms with Gasteiger partial charge in [-0.2, -0.15) is 17.9 Å². The molecular formula is C20H27F4N3O5S. The van der Waals surface area contributed by atoms with Crippen LogP contribution >= 0.6 is 0 Å². The lowest BCUT2D eigenvalue weighted by Crippen LogP contribution is -2.44. The summed E-state index contributed by atoms with van der Waals surface area (Å²) in [6.07, 6.45) is -0.938. The van der Waals surface area contributed by atoms with Crippen LogP contribution in [0.3, 0.4) is 0 Å². The van der Waals surface area contributed by atoms with Crippen LogP contribution in [-0.2, 0) is 19.6 Å². The molecular weight excluding hydrogens is 470 g/mol. The third kappa shape index (κ3) is 6.34. The van der Waals surface area contributed by atoms with Crippen molar-refractivity contribution in [2.45, 2.75) is 68.3 Å². The Labute approximate surface area is 189 Å². The summed E-state index contributed by atoms with van der Waals surface area (Å²) in [6, 6.07) is -1.85. The molecule has 1 aromatic carbocycles. The van der Waals surface area contributed by atoms with Crippen molar-refractivity contribution in [3.63, 3.8) is 0 Å². The van der Waals surface area contributed by atoms with Gasteiger partial charge in [0.05, 0.1) is 24.9 Å². The Morgan fingerprint density at radius 3 is 2.39 bits per heavy atom. The van der Waals surface area contributed by atoms with E-state index in [1.54, 1.807) is 0 Å². The van der Waals surface area contributed by atoms with Crippen LogP contribution in [0.15, 0.2) is 17.0 Å². The number of amides is 1. The Hall–Kier alpha value is -1.96. The monoisotopic (exact) mass is 497 g/mol. The van der Waals surface area contributed by atoms with Crippen molar-refractivity contribution < 1.29 is 40.2 Å². The van der Waals surface area contributed by atoms with Crippen molar-refractivity contribution >= 4 is 21.6 Å². The second-order valence-electron chi connectivity index (χ2n) is 8.35. The fourth-order valence-electron chi connectivity index (χ4n) is 3.68. The van der Waals surface area contributed by atoms with Crippen molar-refractivity contribution in [3.05, 3.63) is 17.9 Å². The summed E-state index contributed by atoms with van der Waals surface area (Å²) in [5.41, 5.74) is 5.65. The number of hydrogen-bond acceptors (Lipinski definition) is 6. The average Bonchev–Trinajstić information content (AvgIpc) is 2.71. The highest BCUT2D eigenvalue weighted by atomic mass is 32.2. The molecule has 0 aromatic heterocycles. The molecule has 1 aromatic rings. The standard InChI is InChI=1S/C20H27F4N3O5S/c1-11(20(22,23)24)27-33(29,30)17-7-14(21)15(8-16(17)32-13-9-31-10-13)26-19(28)18(25)12-5-3-2-4-6-12/h7-8,11-13,18,27H,2-6,9-10,25H2,1H3,(H,26,28)/t11-,18-/m0/s1. The smallest absolute Gasteiger partial charge is 0.404 e. The van der Waals surface area contributed by atoms with Crippen LogP contribution in [0, 0.1) is 11.7 Å². The van der Waals surface area contributed by atoms with Crippen LogP contribution in [-0.4, -0.2) is 51.9 Å². The van der Waals surface area contributed by atoms with Gasteiger partial charge in [-0.05, 0) is 31.7 Å². The van der Waals surface area contributed by atoms with Gasteiger partial charge >= 0.3 is 6.18 Å². The molecule has 3 rings (SSSR count). The summed E-state index contributed by atoms with van der Waals surface area (Å²) >= 11 is 0. The number of carbonyl (C=O) groups excluding carboxylic acids is 1. The maximum atomic E-state index is 14.8. The molecule has 1 amide bonds. The molecule has 0 radical (unpaired) electrons. The molecule has 2 fully saturated rings. The fraction of sp³-hybridized carbons (Fsp3) is 0.650. The fourth-order valence-corrected chi connectivity index (χ4v) is 5.04. The Kier molecular flexibility index (Phi) is 7.87. The molecule has 1 aliphatic carbocycles. The van der Waals surface area contributed by atoms with E-state index in [9.17, 15) is 30.8 Å². The normalized spacial score (nSPS) is 20.1. The van der Waals surface area contributed by atoms with Crippen LogP contribution < -0.4 is 20.5 Å². The van der Waals surface area contributed by atoms with Gasteiger partial charge in [-0.3, -0.25) is 4.79 Å². The number of anilines is 1. The van der Waals surface area contributed by atoms with Gasteiger partial charge in [-0.1, -0.05) is 19.3 Å². The van der Waals surface area contributed by atoms with Crippen molar-refractivity contribution in [2.24, 2.45) is 11.7 Å². The van der Waals surface area contributed by atoms with Gasteiger partial charge in [-0.25, -0.2) is 12.8 Å². The summed E-state index contributed by atoms with van der Waals surface area (Å²) < 4.78 is 90.6. The molecule has 0 unspecified atom stereocenters. The minimum Gasteiger partial charge on any atom is -0.484 e. The van der Waals surface area contributed by atoms with Gasteiger partial charge in [-0.15, -0.1) is 0 Å². The van der Waals surface area contributed by atoms with E-state index in [1.165, 1.54) is 4.72 Å². The maximum Gasteiger partial charge on any atom is 0.404 e. The first-order chi connectivity index (χ1) is 15.4. The van der Waals surface area contributed by atoms with Gasteiger partial charge in [0.15, 0.2) is 0 Å². The van der Waals surface area contributed by atoms with Crippen LogP contribution in [0.5, 0.6) is 5.75 Å². The lowest BCUT2D eigenvalue weighted by molar-refractivity contribution is -0.147. The number of alkyl halides is 3. The Morgan fingerprint density at radius 1 is 1.21 bits per heavy atom. The zero-order chi connectivity index (χ0) is 24.4. The molecule has 0 bridgehead atoms. The number of nitrogens with two attached hydrogens (primary N) is 1. The minimum absolute atomic E-state index is 0.0580. The first kappa shape index (κ1) is 25.7. The van der Waals surface area contributed by atoms with E-state index in [4.69, 9.17) is 15.2 Å². The van der Waals surface area contributed by atoms with E-state index in [2.05, 4.69) is 5.32 Å². The third-order valence-corrected chi connectivity index (χ3v) is 7.33. The number of nitrogens with one attached hydrogen (secondary N) is 2. The highest BCUT2D eigenvalue weighted by Gasteiger charge is 2.40. The van der Waals surface area contributed by atoms with E-state index in [0.29, 0.717) is 13.0 Å². The van der Waals surface area contributed by atoms with Gasteiger partial charge < -0.3 is 20.5 Å². The van der Waals surface area contributed by atoms with Crippen molar-refractivity contribution in [2.75, 3.05) is 18.5 Å². The number of ether oxygens (including phenoxy) is 2. The first-order valence-corrected chi connectivity index (χ1v) is 12.1. The quantitative estimate of drug-likeness (QED) is 0.475. The highest BCUT2D eigenvalue weighted by molar-refractivity contribution is 7.89. The molecule has 1 heterocycles. The Bertz CT molecular complexity index is 963. The molecule has 1 aliphatic heterocycles.